The van der Waals surface area contributed by atoms with Gasteiger partial charge in [-0.3, -0.25) is 0 Å². The van der Waals surface area contributed by atoms with E-state index < -0.39 is 0 Å². The minimum atomic E-state index is -0.287. The van der Waals surface area contributed by atoms with Gasteiger partial charge in [-0.1, -0.05) is 185 Å². The lowest BCUT2D eigenvalue weighted by Gasteiger charge is -2.32. The summed E-state index contributed by atoms with van der Waals surface area (Å²) in [6.07, 6.45) is 6.24. The van der Waals surface area contributed by atoms with Gasteiger partial charge in [-0.25, -0.2) is 0 Å². The molecule has 6 aromatic rings. The molecule has 6 rings (SSSR count). The first-order valence-corrected chi connectivity index (χ1v) is 18.3. The van der Waals surface area contributed by atoms with Gasteiger partial charge in [0.15, 0.2) is 0 Å². The topological polar surface area (TPSA) is 0 Å². The molecule has 0 aliphatic carbocycles. The maximum atomic E-state index is 2.39. The van der Waals surface area contributed by atoms with Crippen molar-refractivity contribution in [3.63, 3.8) is 0 Å². The molecule has 0 spiro atoms. The van der Waals surface area contributed by atoms with Crippen LogP contribution in [0.1, 0.15) is 108 Å². The Morgan fingerprint density at radius 3 is 0.776 bits per heavy atom. The Balaban J connectivity index is 0.00000151. The minimum absolute atomic E-state index is 0.287. The van der Waals surface area contributed by atoms with Gasteiger partial charge in [-0.2, -0.15) is 0 Å². The van der Waals surface area contributed by atoms with E-state index in [1.165, 1.54) is 73.2 Å². The summed E-state index contributed by atoms with van der Waals surface area (Å²) in [5, 5.41) is 0. The normalized spacial score (nSPS) is 11.1. The van der Waals surface area contributed by atoms with E-state index in [2.05, 4.69) is 187 Å². The average Bonchev–Trinajstić information content (AvgIpc) is 3.14. The predicted molar refractivity (Wildman–Crippen MR) is 212 cm³/mol. The molecule has 0 fully saturated rings. The van der Waals surface area contributed by atoms with E-state index in [9.17, 15) is 0 Å². The molecule has 0 bridgehead atoms. The lowest BCUT2D eigenvalue weighted by molar-refractivity contribution is 0.691. The van der Waals surface area contributed by atoms with Crippen LogP contribution in [0.15, 0.2) is 146 Å². The third-order valence-corrected chi connectivity index (χ3v) is 9.80. The minimum Gasteiger partial charge on any atom is -0.0656 e. The van der Waals surface area contributed by atoms with E-state index in [1.807, 2.05) is 0 Å². The van der Waals surface area contributed by atoms with Crippen LogP contribution in [0.3, 0.4) is 0 Å². The summed E-state index contributed by atoms with van der Waals surface area (Å²) in [6, 6.07) is 55.0. The zero-order chi connectivity index (χ0) is 34.6. The number of rotatable bonds is 11. The lowest BCUT2D eigenvalue weighted by Crippen LogP contribution is -2.25. The van der Waals surface area contributed by atoms with E-state index in [0.29, 0.717) is 0 Å². The van der Waals surface area contributed by atoms with E-state index >= 15 is 0 Å². The van der Waals surface area contributed by atoms with Gasteiger partial charge in [0.2, 0.25) is 0 Å². The standard InChI is InChI=1S/C46H46.C3H8/c1-5-35-11-15-38(16-12-35)32-41-21-27-44(28-22-41)46(4,43-25-19-40(20-26-43)31-37-9-7-34(3)8-10-37)45-29-23-42(24-30-45)33-39-17-13-36(6-2)14-18-39;1-3-2/h7-30H,5-6,31-33H2,1-4H3;3H2,1-2H3. The summed E-state index contributed by atoms with van der Waals surface area (Å²) in [5.74, 6) is 0. The fourth-order valence-electron chi connectivity index (χ4n) is 6.57. The monoisotopic (exact) mass is 642 g/mol. The van der Waals surface area contributed by atoms with E-state index in [1.54, 1.807) is 0 Å². The van der Waals surface area contributed by atoms with Crippen LogP contribution in [0, 0.1) is 6.92 Å². The van der Waals surface area contributed by atoms with Crippen LogP contribution in [0.5, 0.6) is 0 Å². The van der Waals surface area contributed by atoms with Gasteiger partial charge in [0.1, 0.15) is 0 Å². The van der Waals surface area contributed by atoms with Crippen LogP contribution in [-0.4, -0.2) is 0 Å². The van der Waals surface area contributed by atoms with Gasteiger partial charge in [0.05, 0.1) is 0 Å². The molecule has 0 heteroatoms. The fraction of sp³-hybridized carbons (Fsp3) is 0.265. The number of aryl methyl sites for hydroxylation is 3. The quantitative estimate of drug-likeness (QED) is 0.123. The zero-order valence-corrected chi connectivity index (χ0v) is 30.6. The van der Waals surface area contributed by atoms with Gasteiger partial charge >= 0.3 is 0 Å². The van der Waals surface area contributed by atoms with Crippen molar-refractivity contribution in [2.45, 2.75) is 85.5 Å². The summed E-state index contributed by atoms with van der Waals surface area (Å²) in [6.45, 7) is 13.2. The maximum absolute atomic E-state index is 2.39. The van der Waals surface area contributed by atoms with Crippen molar-refractivity contribution < 1.29 is 0 Å². The second-order valence-electron chi connectivity index (χ2n) is 13.8. The first kappa shape index (κ1) is 35.6. The summed E-state index contributed by atoms with van der Waals surface area (Å²) < 4.78 is 0. The van der Waals surface area contributed by atoms with Crippen LogP contribution in [0.2, 0.25) is 0 Å². The SMILES string of the molecule is CCC.CCc1ccc(Cc2ccc(C(C)(c3ccc(Cc4ccc(C)cc4)cc3)c3ccc(Cc4ccc(CC)cc4)cc3)cc2)cc1. The van der Waals surface area contributed by atoms with Crippen LogP contribution in [-0.2, 0) is 37.5 Å². The van der Waals surface area contributed by atoms with Crippen LogP contribution >= 0.6 is 0 Å². The third-order valence-electron chi connectivity index (χ3n) is 9.80. The Morgan fingerprint density at radius 2 is 0.531 bits per heavy atom. The van der Waals surface area contributed by atoms with Gasteiger partial charge in [-0.05, 0) is 107 Å². The van der Waals surface area contributed by atoms with Crippen molar-refractivity contribution in [3.8, 4) is 0 Å². The molecule has 0 aliphatic heterocycles. The molecule has 0 N–H and O–H groups in total. The summed E-state index contributed by atoms with van der Waals surface area (Å²) >= 11 is 0. The maximum Gasteiger partial charge on any atom is 0.0423 e. The second-order valence-corrected chi connectivity index (χ2v) is 13.8. The Kier molecular flexibility index (Phi) is 12.4. The number of hydrogen-bond acceptors (Lipinski definition) is 0. The largest absolute Gasteiger partial charge is 0.0656 e. The van der Waals surface area contributed by atoms with Crippen molar-refractivity contribution in [1.29, 1.82) is 0 Å². The van der Waals surface area contributed by atoms with Gasteiger partial charge in [0.25, 0.3) is 0 Å². The van der Waals surface area contributed by atoms with Crippen LogP contribution < -0.4 is 0 Å². The molecule has 0 unspecified atom stereocenters. The molecule has 0 radical (unpaired) electrons. The molecule has 0 amide bonds. The summed E-state index contributed by atoms with van der Waals surface area (Å²) in [5.41, 5.74) is 15.8. The molecule has 6 aromatic carbocycles. The van der Waals surface area contributed by atoms with E-state index in [0.717, 1.165) is 32.1 Å². The van der Waals surface area contributed by atoms with Gasteiger partial charge in [-0.15, -0.1) is 0 Å². The summed E-state index contributed by atoms with van der Waals surface area (Å²) in [4.78, 5) is 0. The van der Waals surface area contributed by atoms with Crippen molar-refractivity contribution in [2.24, 2.45) is 0 Å². The van der Waals surface area contributed by atoms with Crippen molar-refractivity contribution >= 4 is 0 Å². The van der Waals surface area contributed by atoms with Crippen molar-refractivity contribution in [1.82, 2.24) is 0 Å². The Morgan fingerprint density at radius 1 is 0.327 bits per heavy atom. The zero-order valence-electron chi connectivity index (χ0n) is 30.6. The van der Waals surface area contributed by atoms with E-state index in [4.69, 9.17) is 0 Å². The van der Waals surface area contributed by atoms with Crippen LogP contribution in [0.4, 0.5) is 0 Å². The molecule has 0 aromatic heterocycles. The molecule has 0 atom stereocenters. The molecule has 0 aliphatic rings. The Labute approximate surface area is 296 Å². The summed E-state index contributed by atoms with van der Waals surface area (Å²) in [7, 11) is 0. The molecule has 0 heterocycles. The van der Waals surface area contributed by atoms with E-state index in [-0.39, 0.29) is 5.41 Å². The first-order chi connectivity index (χ1) is 23.8. The highest BCUT2D eigenvalue weighted by molar-refractivity contribution is 5.51. The molecule has 49 heavy (non-hydrogen) atoms. The smallest absolute Gasteiger partial charge is 0.0423 e. The molecule has 250 valence electrons. The number of hydrogen-bond donors (Lipinski definition) is 0. The first-order valence-electron chi connectivity index (χ1n) is 18.3. The van der Waals surface area contributed by atoms with Crippen molar-refractivity contribution in [2.75, 3.05) is 0 Å². The Hall–Kier alpha value is -4.68. The molecule has 0 saturated heterocycles. The predicted octanol–water partition coefficient (Wildman–Crippen LogP) is 12.7. The average molecular weight is 643 g/mol. The molecule has 0 nitrogen and oxygen atoms in total. The number of benzene rings is 6. The van der Waals surface area contributed by atoms with Crippen molar-refractivity contribution in [3.05, 3.63) is 212 Å². The molecular formula is C49H54. The molecule has 0 saturated carbocycles. The highest BCUT2D eigenvalue weighted by Crippen LogP contribution is 2.39. The highest BCUT2D eigenvalue weighted by Gasteiger charge is 2.31. The fourth-order valence-corrected chi connectivity index (χ4v) is 6.57. The van der Waals surface area contributed by atoms with Crippen LogP contribution in [0.25, 0.3) is 0 Å². The van der Waals surface area contributed by atoms with Gasteiger partial charge in [0, 0.05) is 5.41 Å². The third kappa shape index (κ3) is 9.27. The highest BCUT2D eigenvalue weighted by atomic mass is 14.3. The van der Waals surface area contributed by atoms with Gasteiger partial charge < -0.3 is 0 Å². The lowest BCUT2D eigenvalue weighted by atomic mass is 9.70. The Bertz CT molecular complexity index is 1740. The molecular weight excluding hydrogens is 589 g/mol. The second kappa shape index (κ2) is 17.1.